The Bertz CT molecular complexity index is 373. The summed E-state index contributed by atoms with van der Waals surface area (Å²) >= 11 is 0. The molecule has 0 aliphatic carbocycles. The molecule has 1 aliphatic heterocycles. The first-order valence-corrected chi connectivity index (χ1v) is 5.38. The molecule has 0 radical (unpaired) electrons. The van der Waals surface area contributed by atoms with Crippen LogP contribution in [0.15, 0.2) is 12.1 Å². The molecule has 1 aromatic rings. The van der Waals surface area contributed by atoms with Gasteiger partial charge in [0.2, 0.25) is 0 Å². The van der Waals surface area contributed by atoms with E-state index in [0.29, 0.717) is 25.3 Å². The summed E-state index contributed by atoms with van der Waals surface area (Å²) in [5.74, 6) is 0.195. The van der Waals surface area contributed by atoms with Gasteiger partial charge in [-0.2, -0.15) is 0 Å². The summed E-state index contributed by atoms with van der Waals surface area (Å²) in [5.41, 5.74) is 7.23. The highest BCUT2D eigenvalue weighted by Gasteiger charge is 2.28. The maximum absolute atomic E-state index is 9.64. The van der Waals surface area contributed by atoms with E-state index in [1.807, 2.05) is 11.8 Å². The van der Waals surface area contributed by atoms with E-state index in [2.05, 4.69) is 4.98 Å². The zero-order chi connectivity index (χ0) is 11.7. The Kier molecular flexibility index (Phi) is 3.09. The first-order chi connectivity index (χ1) is 7.56. The van der Waals surface area contributed by atoms with Crippen molar-refractivity contribution >= 4 is 0 Å². The number of aromatic hydroxyl groups is 1. The summed E-state index contributed by atoms with van der Waals surface area (Å²) in [6, 6.07) is 3.21. The molecule has 2 atom stereocenters. The van der Waals surface area contributed by atoms with E-state index in [-0.39, 0.29) is 11.8 Å². The van der Waals surface area contributed by atoms with E-state index in [1.165, 1.54) is 0 Å². The van der Waals surface area contributed by atoms with Crippen LogP contribution in [0.4, 0.5) is 0 Å². The quantitative estimate of drug-likeness (QED) is 0.635. The van der Waals surface area contributed by atoms with Gasteiger partial charge in [0.1, 0.15) is 5.75 Å². The molecule has 0 saturated carbocycles. The zero-order valence-electron chi connectivity index (χ0n) is 9.30. The highest BCUT2D eigenvalue weighted by Crippen LogP contribution is 2.19. The summed E-state index contributed by atoms with van der Waals surface area (Å²) in [5, 5.41) is 19.2. The van der Waals surface area contributed by atoms with Crippen LogP contribution >= 0.6 is 0 Å². The van der Waals surface area contributed by atoms with Gasteiger partial charge in [0.05, 0.1) is 11.8 Å². The van der Waals surface area contributed by atoms with Gasteiger partial charge in [-0.05, 0) is 19.1 Å². The first-order valence-electron chi connectivity index (χ1n) is 5.38. The molecule has 2 rings (SSSR count). The van der Waals surface area contributed by atoms with E-state index in [4.69, 9.17) is 5.73 Å². The second-order valence-corrected chi connectivity index (χ2v) is 4.34. The van der Waals surface area contributed by atoms with Crippen molar-refractivity contribution in [1.82, 2.24) is 9.88 Å². The second kappa shape index (κ2) is 4.37. The fourth-order valence-electron chi connectivity index (χ4n) is 1.95. The first kappa shape index (κ1) is 11.3. The third kappa shape index (κ3) is 2.32. The van der Waals surface area contributed by atoms with Crippen molar-refractivity contribution in [1.29, 1.82) is 0 Å². The smallest absolute Gasteiger partial charge is 0.138 e. The van der Waals surface area contributed by atoms with Gasteiger partial charge in [0.15, 0.2) is 0 Å². The maximum atomic E-state index is 9.64. The molecule has 5 heteroatoms. The highest BCUT2D eigenvalue weighted by molar-refractivity contribution is 5.27. The number of pyridine rings is 1. The SMILES string of the molecule is Cc1ccc(O)c(CN2CC(N)C(O)C2)n1. The molecule has 1 saturated heterocycles. The lowest BCUT2D eigenvalue weighted by Crippen LogP contribution is -2.32. The Morgan fingerprint density at radius 2 is 2.25 bits per heavy atom. The topological polar surface area (TPSA) is 82.6 Å². The van der Waals surface area contributed by atoms with Crippen LogP contribution in [-0.4, -0.2) is 45.3 Å². The number of nitrogens with two attached hydrogens (primary N) is 1. The van der Waals surface area contributed by atoms with E-state index in [0.717, 1.165) is 5.69 Å². The van der Waals surface area contributed by atoms with Gasteiger partial charge in [0.25, 0.3) is 0 Å². The second-order valence-electron chi connectivity index (χ2n) is 4.34. The van der Waals surface area contributed by atoms with E-state index < -0.39 is 6.10 Å². The lowest BCUT2D eigenvalue weighted by Gasteiger charge is -2.15. The Morgan fingerprint density at radius 1 is 1.50 bits per heavy atom. The Balaban J connectivity index is 2.07. The van der Waals surface area contributed by atoms with Crippen molar-refractivity contribution in [3.05, 3.63) is 23.5 Å². The van der Waals surface area contributed by atoms with Crippen LogP contribution in [0.1, 0.15) is 11.4 Å². The molecular weight excluding hydrogens is 206 g/mol. The maximum Gasteiger partial charge on any atom is 0.138 e. The molecule has 1 aliphatic rings. The van der Waals surface area contributed by atoms with Gasteiger partial charge in [-0.15, -0.1) is 0 Å². The average molecular weight is 223 g/mol. The third-order valence-electron chi connectivity index (χ3n) is 2.87. The van der Waals surface area contributed by atoms with Crippen LogP contribution in [0.3, 0.4) is 0 Å². The molecule has 4 N–H and O–H groups in total. The molecule has 2 heterocycles. The Hall–Kier alpha value is -1.17. The zero-order valence-corrected chi connectivity index (χ0v) is 9.30. The van der Waals surface area contributed by atoms with Gasteiger partial charge in [-0.1, -0.05) is 0 Å². The van der Waals surface area contributed by atoms with Gasteiger partial charge in [-0.25, -0.2) is 0 Å². The standard InChI is InChI=1S/C11H17N3O2/c1-7-2-3-10(15)9(13-7)5-14-4-8(12)11(16)6-14/h2-3,8,11,15-16H,4-6,12H2,1H3. The summed E-state index contributed by atoms with van der Waals surface area (Å²) in [6.07, 6.45) is -0.480. The largest absolute Gasteiger partial charge is 0.506 e. The van der Waals surface area contributed by atoms with Crippen molar-refractivity contribution in [3.63, 3.8) is 0 Å². The minimum Gasteiger partial charge on any atom is -0.506 e. The van der Waals surface area contributed by atoms with Crippen LogP contribution in [0.2, 0.25) is 0 Å². The number of β-amino-alcohol motifs (C(OH)–C–C–N with tert-alkyl or cyclic N) is 1. The number of hydrogen-bond acceptors (Lipinski definition) is 5. The van der Waals surface area contributed by atoms with Gasteiger partial charge in [-0.3, -0.25) is 9.88 Å². The highest BCUT2D eigenvalue weighted by atomic mass is 16.3. The van der Waals surface area contributed by atoms with E-state index >= 15 is 0 Å². The number of aliphatic hydroxyl groups excluding tert-OH is 1. The summed E-state index contributed by atoms with van der Waals surface area (Å²) in [6.45, 7) is 3.58. The van der Waals surface area contributed by atoms with Crippen LogP contribution < -0.4 is 5.73 Å². The summed E-state index contributed by atoms with van der Waals surface area (Å²) < 4.78 is 0. The molecular formula is C11H17N3O2. The number of aliphatic hydroxyl groups is 1. The van der Waals surface area contributed by atoms with E-state index in [1.54, 1.807) is 12.1 Å². The number of aromatic nitrogens is 1. The van der Waals surface area contributed by atoms with Crippen molar-refractivity contribution in [2.45, 2.75) is 25.6 Å². The molecule has 1 fully saturated rings. The van der Waals surface area contributed by atoms with Crippen LogP contribution in [0, 0.1) is 6.92 Å². The van der Waals surface area contributed by atoms with E-state index in [9.17, 15) is 10.2 Å². The molecule has 2 unspecified atom stereocenters. The Morgan fingerprint density at radius 3 is 2.88 bits per heavy atom. The van der Waals surface area contributed by atoms with Crippen LogP contribution in [0.5, 0.6) is 5.75 Å². The molecule has 16 heavy (non-hydrogen) atoms. The Labute approximate surface area is 94.5 Å². The number of hydrogen-bond donors (Lipinski definition) is 3. The van der Waals surface area contributed by atoms with Gasteiger partial charge < -0.3 is 15.9 Å². The number of rotatable bonds is 2. The van der Waals surface area contributed by atoms with Gasteiger partial charge >= 0.3 is 0 Å². The normalized spacial score (nSPS) is 26.2. The molecule has 0 bridgehead atoms. The van der Waals surface area contributed by atoms with Gasteiger partial charge in [0, 0.05) is 31.4 Å². The summed E-state index contributed by atoms with van der Waals surface area (Å²) in [7, 11) is 0. The average Bonchev–Trinajstić information content (AvgIpc) is 2.52. The molecule has 0 aromatic carbocycles. The molecule has 1 aromatic heterocycles. The number of likely N-dealkylation sites (tertiary alicyclic amines) is 1. The molecule has 88 valence electrons. The minimum atomic E-state index is -0.480. The van der Waals surface area contributed by atoms with Crippen LogP contribution in [0.25, 0.3) is 0 Å². The van der Waals surface area contributed by atoms with Crippen molar-refractivity contribution in [2.24, 2.45) is 5.73 Å². The fourth-order valence-corrected chi connectivity index (χ4v) is 1.95. The van der Waals surface area contributed by atoms with Crippen LogP contribution in [-0.2, 0) is 6.54 Å². The minimum absolute atomic E-state index is 0.195. The predicted molar refractivity (Wildman–Crippen MR) is 59.9 cm³/mol. The molecule has 0 spiro atoms. The lowest BCUT2D eigenvalue weighted by molar-refractivity contribution is 0.163. The molecule has 5 nitrogen and oxygen atoms in total. The third-order valence-corrected chi connectivity index (χ3v) is 2.87. The monoisotopic (exact) mass is 223 g/mol. The van der Waals surface area contributed by atoms with Crippen molar-refractivity contribution < 1.29 is 10.2 Å². The van der Waals surface area contributed by atoms with Crippen molar-refractivity contribution in [2.75, 3.05) is 13.1 Å². The number of aryl methyl sites for hydroxylation is 1. The lowest BCUT2D eigenvalue weighted by atomic mass is 10.2. The number of nitrogens with zero attached hydrogens (tertiary/aromatic N) is 2. The predicted octanol–water partition coefficient (Wildman–Crippen LogP) is -0.401. The molecule has 0 amide bonds. The fraction of sp³-hybridized carbons (Fsp3) is 0.545. The summed E-state index contributed by atoms with van der Waals surface area (Å²) in [4.78, 5) is 6.27. The van der Waals surface area contributed by atoms with Crippen molar-refractivity contribution in [3.8, 4) is 5.75 Å².